The van der Waals surface area contributed by atoms with Crippen molar-refractivity contribution in [1.82, 2.24) is 4.90 Å². The molecule has 30 heavy (non-hydrogen) atoms. The number of carbonyl (C=O) groups excluding carboxylic acids is 2. The van der Waals surface area contributed by atoms with Crippen molar-refractivity contribution in [3.63, 3.8) is 0 Å². The van der Waals surface area contributed by atoms with Gasteiger partial charge in [0.25, 0.3) is 11.8 Å². The molecule has 0 bridgehead atoms. The molecule has 0 unspecified atom stereocenters. The molecule has 7 heteroatoms. The Labute approximate surface area is 181 Å². The molecule has 1 aliphatic rings. The van der Waals surface area contributed by atoms with Gasteiger partial charge in [0.05, 0.1) is 24.3 Å². The first-order chi connectivity index (χ1) is 14.4. The number of anilines is 1. The van der Waals surface area contributed by atoms with Crippen molar-refractivity contribution >= 4 is 34.7 Å². The smallest absolute Gasteiger partial charge is 0.278 e. The molecule has 158 valence electrons. The number of nitrogens with zero attached hydrogens (tertiary/aromatic N) is 1. The predicted octanol–water partition coefficient (Wildman–Crippen LogP) is 4.74. The van der Waals surface area contributed by atoms with Gasteiger partial charge >= 0.3 is 0 Å². The van der Waals surface area contributed by atoms with Crippen LogP contribution >= 0.6 is 11.6 Å². The minimum Gasteiger partial charge on any atom is -0.495 e. The summed E-state index contributed by atoms with van der Waals surface area (Å²) < 4.78 is 10.8. The van der Waals surface area contributed by atoms with Gasteiger partial charge in [-0.3, -0.25) is 14.5 Å². The Morgan fingerprint density at radius 1 is 1.07 bits per heavy atom. The number of methoxy groups -OCH3 is 1. The average Bonchev–Trinajstić information content (AvgIpc) is 2.96. The van der Waals surface area contributed by atoms with Gasteiger partial charge in [0, 0.05) is 11.7 Å². The second kappa shape index (κ2) is 9.22. The van der Waals surface area contributed by atoms with Crippen LogP contribution in [-0.4, -0.2) is 36.5 Å². The molecular weight excluding hydrogens is 404 g/mol. The van der Waals surface area contributed by atoms with Crippen LogP contribution in [0.4, 0.5) is 5.69 Å². The van der Waals surface area contributed by atoms with Gasteiger partial charge in [-0.25, -0.2) is 0 Å². The number of hydrogen-bond donors (Lipinski definition) is 1. The van der Waals surface area contributed by atoms with E-state index in [1.807, 2.05) is 20.8 Å². The Morgan fingerprint density at radius 2 is 1.77 bits per heavy atom. The Hall–Kier alpha value is -2.99. The summed E-state index contributed by atoms with van der Waals surface area (Å²) >= 11 is 6.21. The van der Waals surface area contributed by atoms with Crippen LogP contribution in [0.1, 0.15) is 32.8 Å². The second-order valence-electron chi connectivity index (χ2n) is 7.17. The Balaban J connectivity index is 2.01. The molecular formula is C23H25ClN2O4. The van der Waals surface area contributed by atoms with Gasteiger partial charge in [-0.2, -0.15) is 0 Å². The summed E-state index contributed by atoms with van der Waals surface area (Å²) in [5.74, 6) is 0.537. The van der Waals surface area contributed by atoms with Crippen molar-refractivity contribution in [3.8, 4) is 11.5 Å². The molecule has 3 rings (SSSR count). The molecule has 0 saturated carbocycles. The number of ether oxygens (including phenoxy) is 2. The highest BCUT2D eigenvalue weighted by molar-refractivity contribution is 6.37. The third-order valence-corrected chi connectivity index (χ3v) is 4.96. The van der Waals surface area contributed by atoms with Gasteiger partial charge in [0.1, 0.15) is 17.2 Å². The monoisotopic (exact) mass is 428 g/mol. The largest absolute Gasteiger partial charge is 0.495 e. The van der Waals surface area contributed by atoms with Gasteiger partial charge in [0.2, 0.25) is 0 Å². The van der Waals surface area contributed by atoms with Crippen LogP contribution in [0.3, 0.4) is 0 Å². The van der Waals surface area contributed by atoms with Crippen LogP contribution in [0, 0.1) is 0 Å². The van der Waals surface area contributed by atoms with Crippen molar-refractivity contribution in [2.45, 2.75) is 33.2 Å². The van der Waals surface area contributed by atoms with Crippen LogP contribution in [-0.2, 0) is 9.59 Å². The number of carbonyl (C=O) groups is 2. The van der Waals surface area contributed by atoms with Crippen molar-refractivity contribution in [2.24, 2.45) is 0 Å². The lowest BCUT2D eigenvalue weighted by molar-refractivity contribution is -0.138. The van der Waals surface area contributed by atoms with E-state index >= 15 is 0 Å². The lowest BCUT2D eigenvalue weighted by Gasteiger charge is -2.19. The molecule has 2 amide bonds. The minimum absolute atomic E-state index is 0.220. The van der Waals surface area contributed by atoms with Gasteiger partial charge in [-0.15, -0.1) is 0 Å². The zero-order valence-electron chi connectivity index (χ0n) is 17.5. The predicted molar refractivity (Wildman–Crippen MR) is 118 cm³/mol. The molecule has 1 heterocycles. The highest BCUT2D eigenvalue weighted by atomic mass is 35.5. The summed E-state index contributed by atoms with van der Waals surface area (Å²) in [6.45, 7) is 6.27. The van der Waals surface area contributed by atoms with Gasteiger partial charge in [-0.1, -0.05) is 30.7 Å². The topological polar surface area (TPSA) is 67.9 Å². The molecule has 2 aromatic carbocycles. The minimum atomic E-state index is -0.372. The lowest BCUT2D eigenvalue weighted by atomic mass is 10.0. The molecule has 2 aromatic rings. The van der Waals surface area contributed by atoms with Crippen LogP contribution < -0.4 is 14.8 Å². The van der Waals surface area contributed by atoms with E-state index < -0.39 is 0 Å². The molecule has 0 fully saturated rings. The van der Waals surface area contributed by atoms with Gasteiger partial charge in [0.15, 0.2) is 0 Å². The highest BCUT2D eigenvalue weighted by Crippen LogP contribution is 2.34. The number of benzene rings is 2. The van der Waals surface area contributed by atoms with Crippen molar-refractivity contribution in [2.75, 3.05) is 19.0 Å². The Morgan fingerprint density at radius 3 is 2.33 bits per heavy atom. The highest BCUT2D eigenvalue weighted by Gasteiger charge is 2.40. The van der Waals surface area contributed by atoms with E-state index in [-0.39, 0.29) is 23.6 Å². The van der Waals surface area contributed by atoms with Gasteiger partial charge < -0.3 is 14.8 Å². The van der Waals surface area contributed by atoms with E-state index in [9.17, 15) is 9.59 Å². The van der Waals surface area contributed by atoms with Crippen molar-refractivity contribution in [3.05, 3.63) is 58.7 Å². The van der Waals surface area contributed by atoms with Crippen molar-refractivity contribution < 1.29 is 19.1 Å². The quantitative estimate of drug-likeness (QED) is 0.615. The summed E-state index contributed by atoms with van der Waals surface area (Å²) in [6, 6.07) is 12.0. The normalized spacial score (nSPS) is 14.0. The van der Waals surface area contributed by atoms with Crippen LogP contribution in [0.2, 0.25) is 5.02 Å². The van der Waals surface area contributed by atoms with Crippen LogP contribution in [0.5, 0.6) is 11.5 Å². The number of imide groups is 1. The summed E-state index contributed by atoms with van der Waals surface area (Å²) in [6.07, 6.45) is 0.904. The van der Waals surface area contributed by atoms with E-state index in [1.165, 1.54) is 12.0 Å². The third-order valence-electron chi connectivity index (χ3n) is 4.67. The van der Waals surface area contributed by atoms with E-state index in [0.29, 0.717) is 34.2 Å². The number of amides is 2. The number of rotatable bonds is 8. The SMILES string of the molecule is CCCOc1ccc(C2=C(Nc3ccc(OC)c(Cl)c3)C(=O)N(C(C)C)C2=O)cc1. The van der Waals surface area contributed by atoms with E-state index in [1.54, 1.807) is 42.5 Å². The molecule has 1 N–H and O–H groups in total. The first-order valence-electron chi connectivity index (χ1n) is 9.83. The van der Waals surface area contributed by atoms with Crippen LogP contribution in [0.15, 0.2) is 48.2 Å². The number of nitrogens with one attached hydrogen (secondary N) is 1. The Kier molecular flexibility index (Phi) is 6.67. The summed E-state index contributed by atoms with van der Waals surface area (Å²) in [5.41, 5.74) is 1.77. The molecule has 6 nitrogen and oxygen atoms in total. The molecule has 0 spiro atoms. The number of halogens is 1. The fourth-order valence-electron chi connectivity index (χ4n) is 3.23. The zero-order chi connectivity index (χ0) is 21.8. The van der Waals surface area contributed by atoms with Crippen molar-refractivity contribution in [1.29, 1.82) is 0 Å². The molecule has 0 radical (unpaired) electrons. The molecule has 1 aliphatic heterocycles. The fraction of sp³-hybridized carbons (Fsp3) is 0.304. The summed E-state index contributed by atoms with van der Waals surface area (Å²) in [4.78, 5) is 27.4. The van der Waals surface area contributed by atoms with E-state index in [0.717, 1.165) is 12.2 Å². The second-order valence-corrected chi connectivity index (χ2v) is 7.58. The number of hydrogen-bond acceptors (Lipinski definition) is 5. The maximum absolute atomic E-state index is 13.1. The fourth-order valence-corrected chi connectivity index (χ4v) is 3.48. The Bertz CT molecular complexity index is 983. The maximum atomic E-state index is 13.1. The standard InChI is InChI=1S/C23H25ClN2O4/c1-5-12-30-17-9-6-15(7-10-17)20-21(23(28)26(14(2)3)22(20)27)25-16-8-11-19(29-4)18(24)13-16/h6-11,13-14,25H,5,12H2,1-4H3. The third kappa shape index (κ3) is 4.28. The first kappa shape index (κ1) is 21.7. The lowest BCUT2D eigenvalue weighted by Crippen LogP contribution is -2.38. The summed E-state index contributed by atoms with van der Waals surface area (Å²) in [7, 11) is 1.53. The van der Waals surface area contributed by atoms with Crippen LogP contribution in [0.25, 0.3) is 5.57 Å². The molecule has 0 aliphatic carbocycles. The molecule has 0 saturated heterocycles. The molecule has 0 atom stereocenters. The summed E-state index contributed by atoms with van der Waals surface area (Å²) in [5, 5.41) is 3.49. The first-order valence-corrected chi connectivity index (χ1v) is 10.2. The average molecular weight is 429 g/mol. The van der Waals surface area contributed by atoms with E-state index in [4.69, 9.17) is 21.1 Å². The zero-order valence-corrected chi connectivity index (χ0v) is 18.2. The molecule has 0 aromatic heterocycles. The van der Waals surface area contributed by atoms with Gasteiger partial charge in [-0.05, 0) is 56.2 Å². The maximum Gasteiger partial charge on any atom is 0.278 e. The van der Waals surface area contributed by atoms with E-state index in [2.05, 4.69) is 5.32 Å².